The van der Waals surface area contributed by atoms with Gasteiger partial charge in [0.05, 0.1) is 0 Å². The first-order chi connectivity index (χ1) is 10.6. The Morgan fingerprint density at radius 2 is 1.68 bits per heavy atom. The SMILES string of the molecule is CC(c1ccc(F)cc1)N1CCN(c2cc(F)ncn2)CC1. The average molecular weight is 304 g/mol. The Bertz CT molecular complexity index is 624. The standard InChI is InChI=1S/C16H18F2N4/c1-12(13-2-4-14(17)5-3-13)21-6-8-22(9-7-21)16-10-15(18)19-11-20-16/h2-5,10-12H,6-9H2,1H3. The number of benzene rings is 1. The van der Waals surface area contributed by atoms with E-state index in [1.54, 1.807) is 0 Å². The van der Waals surface area contributed by atoms with Crippen molar-refractivity contribution in [1.29, 1.82) is 0 Å². The molecule has 1 atom stereocenters. The molecule has 1 saturated heterocycles. The van der Waals surface area contributed by atoms with Crippen LogP contribution in [0.3, 0.4) is 0 Å². The lowest BCUT2D eigenvalue weighted by Gasteiger charge is -2.38. The van der Waals surface area contributed by atoms with Gasteiger partial charge in [0.2, 0.25) is 5.95 Å². The zero-order chi connectivity index (χ0) is 15.5. The van der Waals surface area contributed by atoms with Gasteiger partial charge < -0.3 is 4.90 Å². The minimum atomic E-state index is -0.507. The van der Waals surface area contributed by atoms with Gasteiger partial charge >= 0.3 is 0 Å². The third-order valence-electron chi connectivity index (χ3n) is 4.16. The van der Waals surface area contributed by atoms with E-state index in [2.05, 4.69) is 26.7 Å². The highest BCUT2D eigenvalue weighted by molar-refractivity contribution is 5.37. The van der Waals surface area contributed by atoms with E-state index in [9.17, 15) is 8.78 Å². The van der Waals surface area contributed by atoms with Crippen LogP contribution in [0.2, 0.25) is 0 Å². The molecular formula is C16H18F2N4. The van der Waals surface area contributed by atoms with Crippen LogP contribution >= 0.6 is 0 Å². The Hall–Kier alpha value is -2.08. The van der Waals surface area contributed by atoms with Crippen molar-refractivity contribution in [2.45, 2.75) is 13.0 Å². The van der Waals surface area contributed by atoms with E-state index in [0.717, 1.165) is 31.7 Å². The fourth-order valence-corrected chi connectivity index (χ4v) is 2.79. The average Bonchev–Trinajstić information content (AvgIpc) is 2.55. The second kappa shape index (κ2) is 6.36. The number of hydrogen-bond acceptors (Lipinski definition) is 4. The third-order valence-corrected chi connectivity index (χ3v) is 4.16. The van der Waals surface area contributed by atoms with Gasteiger partial charge in [-0.05, 0) is 24.6 Å². The highest BCUT2D eigenvalue weighted by Gasteiger charge is 2.23. The molecule has 1 fully saturated rings. The van der Waals surface area contributed by atoms with E-state index in [-0.39, 0.29) is 11.9 Å². The van der Waals surface area contributed by atoms with Gasteiger partial charge in [0.15, 0.2) is 0 Å². The van der Waals surface area contributed by atoms with Crippen LogP contribution in [-0.4, -0.2) is 41.0 Å². The summed E-state index contributed by atoms with van der Waals surface area (Å²) in [6.07, 6.45) is 1.25. The van der Waals surface area contributed by atoms with E-state index in [1.807, 2.05) is 12.1 Å². The molecule has 1 unspecified atom stereocenters. The zero-order valence-electron chi connectivity index (χ0n) is 12.4. The van der Waals surface area contributed by atoms with Gasteiger partial charge in [-0.1, -0.05) is 12.1 Å². The zero-order valence-corrected chi connectivity index (χ0v) is 12.4. The van der Waals surface area contributed by atoms with Crippen molar-refractivity contribution in [2.75, 3.05) is 31.1 Å². The maximum atomic E-state index is 13.2. The van der Waals surface area contributed by atoms with Gasteiger partial charge in [-0.3, -0.25) is 4.90 Å². The Kier molecular flexibility index (Phi) is 4.29. The van der Waals surface area contributed by atoms with Crippen LogP contribution in [0.4, 0.5) is 14.6 Å². The van der Waals surface area contributed by atoms with Crippen molar-refractivity contribution < 1.29 is 8.78 Å². The van der Waals surface area contributed by atoms with Crippen molar-refractivity contribution in [3.8, 4) is 0 Å². The fourth-order valence-electron chi connectivity index (χ4n) is 2.79. The van der Waals surface area contributed by atoms with E-state index in [0.29, 0.717) is 5.82 Å². The molecule has 116 valence electrons. The Labute approximate surface area is 128 Å². The molecule has 1 aliphatic heterocycles. The van der Waals surface area contributed by atoms with Gasteiger partial charge in [0.25, 0.3) is 0 Å². The number of aromatic nitrogens is 2. The lowest BCUT2D eigenvalue weighted by Crippen LogP contribution is -2.47. The minimum absolute atomic E-state index is 0.216. The molecule has 2 aromatic rings. The summed E-state index contributed by atoms with van der Waals surface area (Å²) in [6, 6.07) is 8.22. The second-order valence-corrected chi connectivity index (χ2v) is 5.45. The molecule has 3 rings (SSSR count). The number of rotatable bonds is 3. The highest BCUT2D eigenvalue weighted by atomic mass is 19.1. The summed E-state index contributed by atoms with van der Waals surface area (Å²) in [7, 11) is 0. The third kappa shape index (κ3) is 3.22. The number of piperazine rings is 1. The summed E-state index contributed by atoms with van der Waals surface area (Å²) in [5.41, 5.74) is 1.10. The largest absolute Gasteiger partial charge is 0.354 e. The number of halogens is 2. The number of anilines is 1. The van der Waals surface area contributed by atoms with Crippen LogP contribution < -0.4 is 4.90 Å². The molecule has 2 heterocycles. The normalized spacial score (nSPS) is 17.5. The molecule has 0 radical (unpaired) electrons. The first-order valence-corrected chi connectivity index (χ1v) is 7.35. The summed E-state index contributed by atoms with van der Waals surface area (Å²) in [6.45, 7) is 5.38. The van der Waals surface area contributed by atoms with Crippen molar-refractivity contribution in [3.63, 3.8) is 0 Å². The molecule has 1 aliphatic rings. The molecule has 22 heavy (non-hydrogen) atoms. The van der Waals surface area contributed by atoms with E-state index in [1.165, 1.54) is 24.5 Å². The topological polar surface area (TPSA) is 32.3 Å². The molecule has 1 aromatic carbocycles. The lowest BCUT2D eigenvalue weighted by atomic mass is 10.1. The number of nitrogens with zero attached hydrogens (tertiary/aromatic N) is 4. The Morgan fingerprint density at radius 1 is 1.00 bits per heavy atom. The summed E-state index contributed by atoms with van der Waals surface area (Å²) in [5, 5.41) is 0. The smallest absolute Gasteiger partial charge is 0.218 e. The summed E-state index contributed by atoms with van der Waals surface area (Å²) < 4.78 is 26.2. The van der Waals surface area contributed by atoms with Crippen molar-refractivity contribution in [3.05, 3.63) is 54.0 Å². The van der Waals surface area contributed by atoms with Crippen LogP contribution in [0.1, 0.15) is 18.5 Å². The van der Waals surface area contributed by atoms with Crippen LogP contribution in [-0.2, 0) is 0 Å². The first-order valence-electron chi connectivity index (χ1n) is 7.35. The molecule has 0 bridgehead atoms. The van der Waals surface area contributed by atoms with Crippen molar-refractivity contribution in [2.24, 2.45) is 0 Å². The Morgan fingerprint density at radius 3 is 2.32 bits per heavy atom. The quantitative estimate of drug-likeness (QED) is 0.816. The molecule has 0 spiro atoms. The molecule has 1 aromatic heterocycles. The molecule has 0 saturated carbocycles. The van der Waals surface area contributed by atoms with Crippen LogP contribution in [0.15, 0.2) is 36.7 Å². The number of hydrogen-bond donors (Lipinski definition) is 0. The predicted molar refractivity (Wildman–Crippen MR) is 80.6 cm³/mol. The van der Waals surface area contributed by atoms with E-state index >= 15 is 0 Å². The van der Waals surface area contributed by atoms with Crippen molar-refractivity contribution in [1.82, 2.24) is 14.9 Å². The van der Waals surface area contributed by atoms with Gasteiger partial charge in [0.1, 0.15) is 18.0 Å². The van der Waals surface area contributed by atoms with Crippen molar-refractivity contribution >= 4 is 5.82 Å². The summed E-state index contributed by atoms with van der Waals surface area (Å²) in [4.78, 5) is 12.0. The molecule has 6 heteroatoms. The minimum Gasteiger partial charge on any atom is -0.354 e. The fraction of sp³-hybridized carbons (Fsp3) is 0.375. The van der Waals surface area contributed by atoms with E-state index < -0.39 is 5.95 Å². The molecule has 4 nitrogen and oxygen atoms in total. The molecule has 0 N–H and O–H groups in total. The summed E-state index contributed by atoms with van der Waals surface area (Å²) in [5.74, 6) is -0.0970. The highest BCUT2D eigenvalue weighted by Crippen LogP contribution is 2.23. The summed E-state index contributed by atoms with van der Waals surface area (Å²) >= 11 is 0. The maximum absolute atomic E-state index is 13.2. The van der Waals surface area contributed by atoms with Crippen LogP contribution in [0.25, 0.3) is 0 Å². The molecule has 0 aliphatic carbocycles. The van der Waals surface area contributed by atoms with Gasteiger partial charge in [-0.25, -0.2) is 14.4 Å². The predicted octanol–water partition coefficient (Wildman–Crippen LogP) is 2.64. The monoisotopic (exact) mass is 304 g/mol. The first kappa shape index (κ1) is 14.8. The van der Waals surface area contributed by atoms with Gasteiger partial charge in [-0.15, -0.1) is 0 Å². The second-order valence-electron chi connectivity index (χ2n) is 5.45. The van der Waals surface area contributed by atoms with Gasteiger partial charge in [-0.2, -0.15) is 4.39 Å². The van der Waals surface area contributed by atoms with Gasteiger partial charge in [0, 0.05) is 38.3 Å². The molecular weight excluding hydrogens is 286 g/mol. The van der Waals surface area contributed by atoms with E-state index in [4.69, 9.17) is 0 Å². The van der Waals surface area contributed by atoms with Crippen LogP contribution in [0, 0.1) is 11.8 Å². The van der Waals surface area contributed by atoms with Crippen LogP contribution in [0.5, 0.6) is 0 Å². The maximum Gasteiger partial charge on any atom is 0.218 e. The lowest BCUT2D eigenvalue weighted by molar-refractivity contribution is 0.198. The molecule has 0 amide bonds. The Balaban J connectivity index is 1.62.